The summed E-state index contributed by atoms with van der Waals surface area (Å²) in [6.07, 6.45) is 4.40. The van der Waals surface area contributed by atoms with Gasteiger partial charge in [0.25, 0.3) is 0 Å². The van der Waals surface area contributed by atoms with E-state index in [9.17, 15) is 4.79 Å². The lowest BCUT2D eigenvalue weighted by molar-refractivity contribution is 0.0696. The van der Waals surface area contributed by atoms with E-state index in [4.69, 9.17) is 5.11 Å². The van der Waals surface area contributed by atoms with E-state index in [1.54, 1.807) is 0 Å². The van der Waals surface area contributed by atoms with Crippen LogP contribution in [0.4, 0.5) is 0 Å². The Labute approximate surface area is 78.8 Å². The average molecular weight is 190 g/mol. The summed E-state index contributed by atoms with van der Waals surface area (Å²) in [7, 11) is 0. The van der Waals surface area contributed by atoms with E-state index >= 15 is 0 Å². The second kappa shape index (κ2) is 3.25. The summed E-state index contributed by atoms with van der Waals surface area (Å²) in [6, 6.07) is 2.82. The number of aromatic nitrogens is 4. The third-order valence-electron chi connectivity index (χ3n) is 1.62. The predicted molar refractivity (Wildman–Crippen MR) is 46.1 cm³/mol. The number of carboxylic acid groups (broad SMARTS) is 1. The molecule has 6 heteroatoms. The second-order valence-corrected chi connectivity index (χ2v) is 2.53. The van der Waals surface area contributed by atoms with Crippen LogP contribution in [-0.4, -0.2) is 31.1 Å². The van der Waals surface area contributed by atoms with Gasteiger partial charge in [-0.3, -0.25) is 0 Å². The maximum atomic E-state index is 10.6. The molecule has 0 saturated carbocycles. The standard InChI is InChI=1S/C8H6N4O2/c13-8(14)6-1-2-9-7(5-6)12-10-3-4-11-12/h1-5H,(H,13,14). The van der Waals surface area contributed by atoms with Gasteiger partial charge >= 0.3 is 5.97 Å². The van der Waals surface area contributed by atoms with Crippen LogP contribution in [0.3, 0.4) is 0 Å². The number of rotatable bonds is 2. The molecular formula is C8H6N4O2. The van der Waals surface area contributed by atoms with Gasteiger partial charge in [0.1, 0.15) is 0 Å². The molecule has 2 rings (SSSR count). The van der Waals surface area contributed by atoms with E-state index < -0.39 is 5.97 Å². The number of aromatic carboxylic acids is 1. The molecule has 0 aromatic carbocycles. The third kappa shape index (κ3) is 1.45. The molecule has 0 atom stereocenters. The zero-order valence-electron chi connectivity index (χ0n) is 7.03. The van der Waals surface area contributed by atoms with Crippen molar-refractivity contribution in [3.8, 4) is 5.82 Å². The van der Waals surface area contributed by atoms with Crippen LogP contribution in [0.15, 0.2) is 30.7 Å². The normalized spacial score (nSPS) is 10.0. The van der Waals surface area contributed by atoms with Gasteiger partial charge in [0, 0.05) is 6.20 Å². The van der Waals surface area contributed by atoms with Crippen molar-refractivity contribution >= 4 is 5.97 Å². The first-order valence-corrected chi connectivity index (χ1v) is 3.83. The summed E-state index contributed by atoms with van der Waals surface area (Å²) in [6.45, 7) is 0. The Morgan fingerprint density at radius 3 is 2.64 bits per heavy atom. The lowest BCUT2D eigenvalue weighted by Crippen LogP contribution is -2.04. The number of pyridine rings is 1. The molecular weight excluding hydrogens is 184 g/mol. The van der Waals surface area contributed by atoms with E-state index in [1.807, 2.05) is 0 Å². The van der Waals surface area contributed by atoms with Crippen LogP contribution in [0.1, 0.15) is 10.4 Å². The maximum absolute atomic E-state index is 10.6. The van der Waals surface area contributed by atoms with Gasteiger partial charge in [-0.15, -0.1) is 4.80 Å². The number of hydrogen-bond donors (Lipinski definition) is 1. The van der Waals surface area contributed by atoms with E-state index in [0.29, 0.717) is 5.82 Å². The van der Waals surface area contributed by atoms with Gasteiger partial charge in [-0.1, -0.05) is 0 Å². The zero-order valence-corrected chi connectivity index (χ0v) is 7.03. The fourth-order valence-corrected chi connectivity index (χ4v) is 0.995. The van der Waals surface area contributed by atoms with Crippen LogP contribution < -0.4 is 0 Å². The molecule has 0 bridgehead atoms. The topological polar surface area (TPSA) is 80.9 Å². The van der Waals surface area contributed by atoms with Crippen molar-refractivity contribution in [1.82, 2.24) is 20.0 Å². The first-order valence-electron chi connectivity index (χ1n) is 3.83. The highest BCUT2D eigenvalue weighted by atomic mass is 16.4. The first kappa shape index (κ1) is 8.36. The highest BCUT2D eigenvalue weighted by Gasteiger charge is 2.05. The molecule has 2 aromatic rings. The van der Waals surface area contributed by atoms with Gasteiger partial charge in [-0.05, 0) is 12.1 Å². The quantitative estimate of drug-likeness (QED) is 0.739. The van der Waals surface area contributed by atoms with Crippen LogP contribution in [0.2, 0.25) is 0 Å². The van der Waals surface area contributed by atoms with E-state index in [2.05, 4.69) is 15.2 Å². The summed E-state index contributed by atoms with van der Waals surface area (Å²) in [5, 5.41) is 16.4. The molecule has 1 N–H and O–H groups in total. The molecule has 0 spiro atoms. The smallest absolute Gasteiger partial charge is 0.335 e. The second-order valence-electron chi connectivity index (χ2n) is 2.53. The molecule has 0 aliphatic carbocycles. The Morgan fingerprint density at radius 2 is 2.00 bits per heavy atom. The van der Waals surface area contributed by atoms with Gasteiger partial charge in [0.2, 0.25) is 0 Å². The number of nitrogens with zero attached hydrogens (tertiary/aromatic N) is 4. The summed E-state index contributed by atoms with van der Waals surface area (Å²) in [5.41, 5.74) is 0.160. The van der Waals surface area contributed by atoms with Crippen molar-refractivity contribution < 1.29 is 9.90 Å². The molecule has 0 amide bonds. The Hall–Kier alpha value is -2.24. The SMILES string of the molecule is O=C(O)c1ccnc(-n2nccn2)c1. The van der Waals surface area contributed by atoms with Crippen molar-refractivity contribution in [3.63, 3.8) is 0 Å². The van der Waals surface area contributed by atoms with Crippen molar-refractivity contribution in [2.75, 3.05) is 0 Å². The molecule has 0 aliphatic rings. The number of carbonyl (C=O) groups is 1. The Bertz CT molecular complexity index is 452. The Kier molecular flexibility index (Phi) is 1.94. The van der Waals surface area contributed by atoms with Crippen LogP contribution in [0.5, 0.6) is 0 Å². The molecule has 2 aromatic heterocycles. The monoisotopic (exact) mass is 190 g/mol. The van der Waals surface area contributed by atoms with E-state index in [-0.39, 0.29) is 5.56 Å². The fourth-order valence-electron chi connectivity index (χ4n) is 0.995. The number of hydrogen-bond acceptors (Lipinski definition) is 4. The molecule has 2 heterocycles. The highest BCUT2D eigenvalue weighted by Crippen LogP contribution is 2.04. The minimum atomic E-state index is -0.999. The van der Waals surface area contributed by atoms with Crippen molar-refractivity contribution in [2.24, 2.45) is 0 Å². The molecule has 0 unspecified atom stereocenters. The zero-order chi connectivity index (χ0) is 9.97. The summed E-state index contributed by atoms with van der Waals surface area (Å²) in [4.78, 5) is 15.8. The van der Waals surface area contributed by atoms with Crippen LogP contribution in [0.25, 0.3) is 5.82 Å². The predicted octanol–water partition coefficient (Wildman–Crippen LogP) is 0.360. The molecule has 0 saturated heterocycles. The number of carboxylic acids is 1. The van der Waals surface area contributed by atoms with Crippen molar-refractivity contribution in [3.05, 3.63) is 36.3 Å². The van der Waals surface area contributed by atoms with Gasteiger partial charge in [-0.2, -0.15) is 10.2 Å². The van der Waals surface area contributed by atoms with Crippen LogP contribution >= 0.6 is 0 Å². The lowest BCUT2D eigenvalue weighted by atomic mass is 10.3. The van der Waals surface area contributed by atoms with Crippen LogP contribution in [0, 0.1) is 0 Å². The Morgan fingerprint density at radius 1 is 1.29 bits per heavy atom. The molecule has 0 radical (unpaired) electrons. The summed E-state index contributed by atoms with van der Waals surface area (Å²) in [5.74, 6) is -0.615. The largest absolute Gasteiger partial charge is 0.478 e. The van der Waals surface area contributed by atoms with E-state index in [1.165, 1.54) is 35.5 Å². The summed E-state index contributed by atoms with van der Waals surface area (Å²) < 4.78 is 0. The van der Waals surface area contributed by atoms with Gasteiger partial charge in [0.05, 0.1) is 18.0 Å². The first-order chi connectivity index (χ1) is 6.77. The molecule has 0 fully saturated rings. The Balaban J connectivity index is 2.46. The van der Waals surface area contributed by atoms with E-state index in [0.717, 1.165) is 0 Å². The third-order valence-corrected chi connectivity index (χ3v) is 1.62. The fraction of sp³-hybridized carbons (Fsp3) is 0. The van der Waals surface area contributed by atoms with Gasteiger partial charge in [0.15, 0.2) is 5.82 Å². The van der Waals surface area contributed by atoms with Crippen molar-refractivity contribution in [2.45, 2.75) is 0 Å². The molecule has 0 aliphatic heterocycles. The molecule has 14 heavy (non-hydrogen) atoms. The average Bonchev–Trinajstić information content (AvgIpc) is 2.71. The lowest BCUT2D eigenvalue weighted by Gasteiger charge is -1.98. The van der Waals surface area contributed by atoms with Gasteiger partial charge in [-0.25, -0.2) is 9.78 Å². The summed E-state index contributed by atoms with van der Waals surface area (Å²) >= 11 is 0. The van der Waals surface area contributed by atoms with Crippen LogP contribution in [-0.2, 0) is 0 Å². The molecule has 70 valence electrons. The maximum Gasteiger partial charge on any atom is 0.335 e. The highest BCUT2D eigenvalue weighted by molar-refractivity contribution is 5.87. The molecule has 6 nitrogen and oxygen atoms in total. The minimum absolute atomic E-state index is 0.160. The van der Waals surface area contributed by atoms with Crippen molar-refractivity contribution in [1.29, 1.82) is 0 Å². The minimum Gasteiger partial charge on any atom is -0.478 e. The van der Waals surface area contributed by atoms with Gasteiger partial charge < -0.3 is 5.11 Å².